The molecule has 0 aliphatic carbocycles. The van der Waals surface area contributed by atoms with Crippen LogP contribution < -0.4 is 32.7 Å². The number of aliphatic hydroxyl groups is 5. The minimum absolute atomic E-state index is 0.0338. The van der Waals surface area contributed by atoms with Gasteiger partial charge >= 0.3 is 46.9 Å². The Morgan fingerprint density at radius 1 is 0.485 bits per heavy atom. The second-order valence-corrected chi connectivity index (χ2v) is 47.2. The van der Waals surface area contributed by atoms with Gasteiger partial charge in [-0.15, -0.1) is 0 Å². The van der Waals surface area contributed by atoms with Crippen molar-refractivity contribution in [2.75, 3.05) is 100 Å². The van der Waals surface area contributed by atoms with Crippen LogP contribution in [0.15, 0.2) is 25.3 Å². The fraction of sp³-hybridized carbons (Fsp3) is 0.784. The summed E-state index contributed by atoms with van der Waals surface area (Å²) in [6, 6.07) is 0. The topological polar surface area (TPSA) is 768 Å². The van der Waals surface area contributed by atoms with E-state index in [9.17, 15) is 106 Å². The van der Waals surface area contributed by atoms with Gasteiger partial charge in [0, 0.05) is 84.0 Å². The van der Waals surface area contributed by atoms with E-state index >= 15 is 0 Å². The van der Waals surface area contributed by atoms with Gasteiger partial charge in [0.05, 0.1) is 52.3 Å². The van der Waals surface area contributed by atoms with Gasteiger partial charge in [-0.25, -0.2) is 57.3 Å². The molecule has 2 fully saturated rings. The number of nitrogen functional groups attached to an aromatic ring is 2. The lowest BCUT2D eigenvalue weighted by Gasteiger charge is -2.31. The fourth-order valence-electron chi connectivity index (χ4n) is 12.3. The van der Waals surface area contributed by atoms with Crippen LogP contribution in [0.2, 0.25) is 0 Å². The lowest BCUT2D eigenvalue weighted by Crippen LogP contribution is -2.46. The zero-order valence-corrected chi connectivity index (χ0v) is 84.3. The van der Waals surface area contributed by atoms with Gasteiger partial charge in [0.15, 0.2) is 35.4 Å². The maximum atomic E-state index is 12.9. The summed E-state index contributed by atoms with van der Waals surface area (Å²) in [5.74, 6) is 0.757. The Morgan fingerprint density at radius 2 is 0.848 bits per heavy atom. The number of imidazole rings is 2. The van der Waals surface area contributed by atoms with Crippen LogP contribution in [0.25, 0.3) is 22.3 Å². The molecule has 15 unspecified atom stereocenters. The third kappa shape index (κ3) is 44.0. The molecular weight excluding hydrogens is 1910 g/mol. The molecule has 0 spiro atoms. The van der Waals surface area contributed by atoms with Crippen LogP contribution in [-0.2, 0) is 102 Å². The quantitative estimate of drug-likeness (QED) is 0.0200. The first-order valence-corrected chi connectivity index (χ1v) is 53.1. The summed E-state index contributed by atoms with van der Waals surface area (Å²) >= 11 is 3.49. The summed E-state index contributed by atoms with van der Waals surface area (Å²) in [5.41, 5.74) is 7.99. The van der Waals surface area contributed by atoms with Crippen molar-refractivity contribution >= 4 is 140 Å². The second kappa shape index (κ2) is 52.9. The van der Waals surface area contributed by atoms with Gasteiger partial charge in [-0.3, -0.25) is 69.6 Å². The molecule has 4 aromatic heterocycles. The number of nitrogens with one attached hydrogen (secondary N) is 4. The molecule has 0 aromatic carbocycles. The Labute approximate surface area is 774 Å². The molecule has 58 heteroatoms. The number of Topliss-reactive ketones (excluding diaryl/α,β-unsaturated/α-hetero) is 2. The molecular formula is C74H136N14O36P6S2. The number of thioether (sulfide) groups is 2. The summed E-state index contributed by atoms with van der Waals surface area (Å²) < 4.78 is 122. The third-order valence-corrected chi connectivity index (χ3v) is 26.1. The number of unbranched alkanes of at least 4 members (excludes halogenated alkanes) is 2. The van der Waals surface area contributed by atoms with Crippen molar-refractivity contribution in [2.45, 2.75) is 237 Å². The van der Waals surface area contributed by atoms with E-state index in [1.165, 1.54) is 38.6 Å². The highest BCUT2D eigenvalue weighted by Gasteiger charge is 2.53. The molecule has 6 rings (SSSR count). The third-order valence-electron chi connectivity index (χ3n) is 19.0. The lowest BCUT2D eigenvalue weighted by molar-refractivity contribution is -0.137. The van der Waals surface area contributed by atoms with E-state index in [-0.39, 0.29) is 119 Å². The van der Waals surface area contributed by atoms with Gasteiger partial charge in [0.2, 0.25) is 23.6 Å². The number of nitrogens with two attached hydrogens (primary N) is 2. The highest BCUT2D eigenvalue weighted by Crippen LogP contribution is 2.61. The van der Waals surface area contributed by atoms with Crippen LogP contribution in [0.3, 0.4) is 0 Å². The molecule has 0 saturated carbocycles. The van der Waals surface area contributed by atoms with E-state index in [0.29, 0.717) is 19.5 Å². The molecule has 22 N–H and O–H groups in total. The molecule has 2 aliphatic heterocycles. The van der Waals surface area contributed by atoms with Crippen molar-refractivity contribution in [3.05, 3.63) is 25.3 Å². The average Bonchev–Trinajstić information content (AvgIpc) is 1.61. The first-order chi connectivity index (χ1) is 60.4. The predicted octanol–water partition coefficient (Wildman–Crippen LogP) is 5.17. The number of ketones is 2. The Bertz CT molecular complexity index is 4650. The zero-order chi connectivity index (χ0) is 101. The SMILES string of the molecule is CC(C)(C)CC(CO)C(=O)C(C)(C)C.CCCCSCCNC(=O)CCNC(=O)C(O)C(C)(C)COP(=O)(O)OCC(CC(C)(C)C)C(=O)C(C)(C)C.CCCCSCCNC(=O)CCNC(=O)C(O)C(C)(C)COP(=O)(O)OP(=O)(O)OCC1OC(n2cnc3c(N)ncnc32)C(O)C1OP(=O)(O)O.Nc1ncnc2c1ncn2C1OC(COP(=O)(O)O)C(OP(=O)(O)O)C1O. The maximum Gasteiger partial charge on any atom is 0.481 e. The van der Waals surface area contributed by atoms with Crippen molar-refractivity contribution in [3.63, 3.8) is 0 Å². The zero-order valence-electron chi connectivity index (χ0n) is 77.3. The van der Waals surface area contributed by atoms with Crippen molar-refractivity contribution in [1.29, 1.82) is 0 Å². The number of amides is 4. The van der Waals surface area contributed by atoms with Gasteiger partial charge in [0.1, 0.15) is 84.1 Å². The number of hydrogen-bond donors (Lipinski definition) is 20. The van der Waals surface area contributed by atoms with E-state index in [2.05, 4.69) is 104 Å². The molecule has 2 aliphatic rings. The predicted molar refractivity (Wildman–Crippen MR) is 482 cm³/mol. The van der Waals surface area contributed by atoms with E-state index in [1.807, 2.05) is 41.5 Å². The van der Waals surface area contributed by atoms with Crippen molar-refractivity contribution < 1.29 is 171 Å². The average molecular weight is 2050 g/mol. The van der Waals surface area contributed by atoms with Gasteiger partial charge in [-0.05, 0) is 48.0 Å². The first kappa shape index (κ1) is 121. The van der Waals surface area contributed by atoms with E-state index < -0.39 is 169 Å². The Hall–Kier alpha value is -4.96. The van der Waals surface area contributed by atoms with E-state index in [4.69, 9.17) is 58.6 Å². The van der Waals surface area contributed by atoms with E-state index in [1.54, 1.807) is 44.3 Å². The van der Waals surface area contributed by atoms with Gasteiger partial charge in [-0.1, -0.05) is 137 Å². The molecule has 0 radical (unpaired) electrons. The molecule has 15 atom stereocenters. The molecule has 0 bridgehead atoms. The van der Waals surface area contributed by atoms with Crippen molar-refractivity contribution in [1.82, 2.24) is 60.3 Å². The normalized spacial score (nSPS) is 20.6. The smallest absolute Gasteiger partial charge is 0.396 e. The number of aliphatic hydroxyl groups excluding tert-OH is 5. The molecule has 6 heterocycles. The number of carbonyl (C=O) groups is 6. The van der Waals surface area contributed by atoms with Crippen molar-refractivity contribution in [3.8, 4) is 0 Å². The van der Waals surface area contributed by atoms with Crippen LogP contribution >= 0.6 is 70.5 Å². The van der Waals surface area contributed by atoms with Gasteiger partial charge in [0.25, 0.3) is 0 Å². The minimum Gasteiger partial charge on any atom is -0.396 e. The number of carbonyl (C=O) groups excluding carboxylic acids is 6. The fourth-order valence-corrected chi connectivity index (χ4v) is 18.9. The largest absolute Gasteiger partial charge is 0.481 e. The summed E-state index contributed by atoms with van der Waals surface area (Å²) in [4.78, 5) is 182. The highest BCUT2D eigenvalue weighted by molar-refractivity contribution is 7.99. The minimum atomic E-state index is -5.54. The number of anilines is 2. The summed E-state index contributed by atoms with van der Waals surface area (Å²) in [6.07, 6.45) is -6.27. The highest BCUT2D eigenvalue weighted by atomic mass is 32.2. The number of rotatable bonds is 50. The van der Waals surface area contributed by atoms with E-state index in [0.717, 1.165) is 78.7 Å². The van der Waals surface area contributed by atoms with Gasteiger partial charge < -0.3 is 112 Å². The molecule has 132 heavy (non-hydrogen) atoms. The van der Waals surface area contributed by atoms with Gasteiger partial charge in [-0.2, -0.15) is 27.8 Å². The lowest BCUT2D eigenvalue weighted by atomic mass is 9.76. The number of fused-ring (bicyclic) bond motifs is 2. The van der Waals surface area contributed by atoms with Crippen LogP contribution in [0.5, 0.6) is 0 Å². The number of nitrogens with zero attached hydrogens (tertiary/aromatic N) is 8. The number of aromatic nitrogens is 8. The van der Waals surface area contributed by atoms with Crippen LogP contribution in [0.4, 0.5) is 11.6 Å². The van der Waals surface area contributed by atoms with Crippen LogP contribution in [0.1, 0.15) is 188 Å². The molecule has 4 amide bonds. The van der Waals surface area contributed by atoms with Crippen molar-refractivity contribution in [2.24, 2.45) is 44.3 Å². The number of phosphoric ester groups is 6. The van der Waals surface area contributed by atoms with Crippen LogP contribution in [0, 0.1) is 44.3 Å². The first-order valence-electron chi connectivity index (χ1n) is 41.7. The number of phosphoric acid groups is 6. The van der Waals surface area contributed by atoms with Crippen LogP contribution in [-0.4, -0.2) is 281 Å². The molecule has 50 nitrogen and oxygen atoms in total. The monoisotopic (exact) mass is 2050 g/mol. The Kier molecular flexibility index (Phi) is 48.6. The molecule has 760 valence electrons. The summed E-state index contributed by atoms with van der Waals surface area (Å²) in [7, 11) is -30.9. The number of hydrogen-bond acceptors (Lipinski definition) is 37. The Balaban J connectivity index is 0.000000492. The molecule has 4 aromatic rings. The summed E-state index contributed by atoms with van der Waals surface area (Å²) in [5, 5.41) is 61.9. The molecule has 2 saturated heterocycles. The summed E-state index contributed by atoms with van der Waals surface area (Å²) in [6.45, 7) is 30.4. The maximum absolute atomic E-state index is 12.9. The number of ether oxygens (including phenoxy) is 2. The standard InChI is InChI=1S/C27H53N2O8PS.C25H44N7O16P3S.C12H24O2.C10H15N5O10P2/c1-10-11-15-39-16-14-28-21(30)12-13-29-24(33)23(32)27(8,9)19-37-38(34,35)36-18-20(17-25(2,3)4)22(31)26(5,6)7;1-4-5-9-52-10-8-27-16(33)6-7-28-23(36)20(35)25(2,3)12-45-51(42,43)48-50(40,41)44-11-15-19(47-49(37,38)39)18(34)24(46-15)32-14-31-17-21(26)29-13-30-22(17)32;1-11(2,3)7-9(8-13)10(14)12(4,5)6;11-8-5-9(13-2-12-8)15(3-14-5)10-6(16)7(25-27(20,21)22)4(24-10)1-23-26(17,18)19/h20,23,32H,10-19H2,1-9H3,(H,28,30)(H,29,33)(H,34,35);13-15,18-20,24,34-35H,4-12H2,1-3H3,(H,27,33)(H,28,36)(H,40,41)(H,42,43)(H2,26,29,30)(H2,37,38,39);9,13H,7-8H2,1-6H3;2-4,6-7,10,16H,1H2,(H2,11,12,13)(H2,17,18,19)(H2,20,21,22). The second-order valence-electron chi connectivity index (χ2n) is 36.6. The Morgan fingerprint density at radius 3 is 1.20 bits per heavy atom.